The highest BCUT2D eigenvalue weighted by atomic mass is 16.7. The van der Waals surface area contributed by atoms with Gasteiger partial charge in [-0.2, -0.15) is 0 Å². The predicted molar refractivity (Wildman–Crippen MR) is 97.4 cm³/mol. The Bertz CT molecular complexity index is 695. The third-order valence-corrected chi connectivity index (χ3v) is 7.67. The van der Waals surface area contributed by atoms with E-state index in [1.54, 1.807) is 0 Å². The van der Waals surface area contributed by atoms with Gasteiger partial charge in [0, 0.05) is 17.4 Å². The highest BCUT2D eigenvalue weighted by Crippen LogP contribution is 2.65. The van der Waals surface area contributed by atoms with Crippen molar-refractivity contribution < 1.29 is 14.0 Å². The Morgan fingerprint density at radius 1 is 1.24 bits per heavy atom. The van der Waals surface area contributed by atoms with Crippen LogP contribution in [0.3, 0.4) is 0 Å². The van der Waals surface area contributed by atoms with Crippen LogP contribution in [0.15, 0.2) is 24.3 Å². The third kappa shape index (κ3) is 2.19. The third-order valence-electron chi connectivity index (χ3n) is 7.67. The Hall–Kier alpha value is -1.04. The van der Waals surface area contributed by atoms with E-state index in [9.17, 15) is 0 Å². The molecule has 5 aliphatic rings. The monoisotopic (exact) mass is 341 g/mol. The Balaban J connectivity index is 1.30. The fourth-order valence-corrected chi connectivity index (χ4v) is 5.95. The lowest BCUT2D eigenvalue weighted by molar-refractivity contribution is -0.199. The van der Waals surface area contributed by atoms with Crippen LogP contribution in [0.4, 0.5) is 0 Å². The predicted octanol–water partition coefficient (Wildman–Crippen LogP) is 3.15. The number of hydrogen-bond acceptors (Lipinski definition) is 4. The van der Waals surface area contributed by atoms with Crippen LogP contribution in [0.5, 0.6) is 5.75 Å². The van der Waals surface area contributed by atoms with E-state index in [1.165, 1.54) is 12.0 Å². The molecule has 2 heterocycles. The second-order valence-corrected chi connectivity index (χ2v) is 9.28. The fourth-order valence-electron chi connectivity index (χ4n) is 5.95. The summed E-state index contributed by atoms with van der Waals surface area (Å²) in [5.74, 6) is 2.55. The van der Waals surface area contributed by atoms with Crippen molar-refractivity contribution in [1.82, 2.24) is 0 Å². The number of ether oxygens (including phenoxy) is 1. The largest absolute Gasteiger partial charge is 0.493 e. The molecule has 25 heavy (non-hydrogen) atoms. The van der Waals surface area contributed by atoms with E-state index in [0.29, 0.717) is 23.9 Å². The molecular formula is C20H28BNO3. The Labute approximate surface area is 150 Å². The summed E-state index contributed by atoms with van der Waals surface area (Å²) in [4.78, 5) is 0. The first-order chi connectivity index (χ1) is 11.9. The summed E-state index contributed by atoms with van der Waals surface area (Å²) in [6.07, 6.45) is 3.42. The average molecular weight is 341 g/mol. The number of nitrogens with two attached hydrogens (primary N) is 1. The van der Waals surface area contributed by atoms with Gasteiger partial charge in [-0.25, -0.2) is 0 Å². The molecule has 2 N–H and O–H groups in total. The molecule has 1 aromatic rings. The molecule has 0 aromatic heterocycles. The van der Waals surface area contributed by atoms with Crippen LogP contribution in [-0.2, 0) is 9.31 Å². The molecule has 5 heteroatoms. The lowest BCUT2D eigenvalue weighted by Crippen LogP contribution is -2.65. The maximum atomic E-state index is 6.55. The summed E-state index contributed by atoms with van der Waals surface area (Å²) in [6.45, 7) is 7.73. The highest BCUT2D eigenvalue weighted by Gasteiger charge is 2.68. The molecule has 3 aliphatic carbocycles. The summed E-state index contributed by atoms with van der Waals surface area (Å²) in [5.41, 5.74) is 8.01. The Morgan fingerprint density at radius 3 is 2.84 bits per heavy atom. The second kappa shape index (κ2) is 5.24. The normalized spacial score (nSPS) is 41.5. The van der Waals surface area contributed by atoms with E-state index in [4.69, 9.17) is 19.8 Å². The van der Waals surface area contributed by atoms with Gasteiger partial charge < -0.3 is 19.8 Å². The van der Waals surface area contributed by atoms with E-state index < -0.39 is 0 Å². The zero-order chi connectivity index (χ0) is 17.4. The first kappa shape index (κ1) is 16.2. The van der Waals surface area contributed by atoms with Gasteiger partial charge in [0.25, 0.3) is 0 Å². The van der Waals surface area contributed by atoms with E-state index >= 15 is 0 Å². The van der Waals surface area contributed by atoms with Crippen molar-refractivity contribution in [2.24, 2.45) is 23.0 Å². The maximum Gasteiger partial charge on any atom is 0.475 e. The number of para-hydroxylation sites is 1. The first-order valence-electron chi connectivity index (χ1n) is 9.70. The van der Waals surface area contributed by atoms with Gasteiger partial charge in [0.1, 0.15) is 5.75 Å². The van der Waals surface area contributed by atoms with Crippen molar-refractivity contribution in [3.8, 4) is 5.75 Å². The van der Waals surface area contributed by atoms with Crippen LogP contribution in [0.1, 0.15) is 51.5 Å². The molecule has 0 amide bonds. The quantitative estimate of drug-likeness (QED) is 0.858. The fraction of sp³-hybridized carbons (Fsp3) is 0.700. The minimum absolute atomic E-state index is 0.123. The molecule has 3 saturated carbocycles. The Kier molecular flexibility index (Phi) is 3.39. The molecule has 0 spiro atoms. The molecule has 1 saturated heterocycles. The van der Waals surface area contributed by atoms with Gasteiger partial charge in [-0.15, -0.1) is 0 Å². The molecule has 4 fully saturated rings. The van der Waals surface area contributed by atoms with E-state index in [-0.39, 0.29) is 24.8 Å². The lowest BCUT2D eigenvalue weighted by Gasteiger charge is -2.64. The van der Waals surface area contributed by atoms with Crippen LogP contribution in [0.2, 0.25) is 0 Å². The van der Waals surface area contributed by atoms with Crippen molar-refractivity contribution in [3.05, 3.63) is 29.8 Å². The lowest BCUT2D eigenvalue weighted by atomic mass is 9.43. The molecule has 2 bridgehead atoms. The first-order valence-corrected chi connectivity index (χ1v) is 9.70. The molecule has 1 aromatic carbocycles. The van der Waals surface area contributed by atoms with Gasteiger partial charge in [-0.05, 0) is 49.5 Å². The molecule has 0 radical (unpaired) electrons. The van der Waals surface area contributed by atoms with Crippen LogP contribution < -0.4 is 10.5 Å². The van der Waals surface area contributed by atoms with E-state index in [0.717, 1.165) is 24.5 Å². The molecule has 134 valence electrons. The molecular weight excluding hydrogens is 313 g/mol. The smallest absolute Gasteiger partial charge is 0.475 e. The standard InChI is InChI=1S/C20H28BNO3/c1-19(2)13-9-16(19)20(3)17(10-13)24-21(25-20)18(22)8-12-11-23-15-7-5-4-6-14(12)15/h4-7,12-13,16-18H,8-11,22H2,1-3H3/t12?,13-,16-,17+,18-,20-/m0/s1. The molecule has 6 rings (SSSR count). The van der Waals surface area contributed by atoms with Crippen LogP contribution in [-0.4, -0.2) is 31.4 Å². The summed E-state index contributed by atoms with van der Waals surface area (Å²) in [7, 11) is -0.294. The van der Waals surface area contributed by atoms with Crippen LogP contribution in [0.25, 0.3) is 0 Å². The Morgan fingerprint density at radius 2 is 2.04 bits per heavy atom. The summed E-state index contributed by atoms with van der Waals surface area (Å²) in [5, 5.41) is 0. The summed E-state index contributed by atoms with van der Waals surface area (Å²) < 4.78 is 18.6. The molecule has 1 unspecified atom stereocenters. The van der Waals surface area contributed by atoms with Gasteiger partial charge in [0.2, 0.25) is 0 Å². The average Bonchev–Trinajstić information content (AvgIpc) is 3.15. The minimum atomic E-state index is -0.294. The van der Waals surface area contributed by atoms with Crippen molar-refractivity contribution in [1.29, 1.82) is 0 Å². The summed E-state index contributed by atoms with van der Waals surface area (Å²) >= 11 is 0. The molecule has 6 atom stereocenters. The van der Waals surface area contributed by atoms with Crippen molar-refractivity contribution in [2.45, 2.75) is 63.6 Å². The SMILES string of the molecule is CC1(C)[C@@H]2C[C@H]3OB([C@@H](N)CC4COc5ccccc54)O[C@@]3(C)[C@H]1C2. The highest BCUT2D eigenvalue weighted by molar-refractivity contribution is 6.47. The number of hydrogen-bond donors (Lipinski definition) is 1. The van der Waals surface area contributed by atoms with Gasteiger partial charge in [0.05, 0.1) is 18.3 Å². The van der Waals surface area contributed by atoms with Crippen molar-refractivity contribution in [2.75, 3.05) is 6.61 Å². The van der Waals surface area contributed by atoms with E-state index in [2.05, 4.69) is 32.9 Å². The van der Waals surface area contributed by atoms with Gasteiger partial charge in [-0.1, -0.05) is 32.0 Å². The second-order valence-electron chi connectivity index (χ2n) is 9.28. The van der Waals surface area contributed by atoms with Crippen LogP contribution >= 0.6 is 0 Å². The maximum absolute atomic E-state index is 6.55. The number of fused-ring (bicyclic) bond motifs is 1. The van der Waals surface area contributed by atoms with Crippen molar-refractivity contribution >= 4 is 7.12 Å². The zero-order valence-corrected chi connectivity index (χ0v) is 15.4. The van der Waals surface area contributed by atoms with Gasteiger partial charge >= 0.3 is 7.12 Å². The van der Waals surface area contributed by atoms with Crippen LogP contribution in [0, 0.1) is 17.3 Å². The molecule has 4 nitrogen and oxygen atoms in total. The zero-order valence-electron chi connectivity index (χ0n) is 15.4. The van der Waals surface area contributed by atoms with Gasteiger partial charge in [0.15, 0.2) is 0 Å². The number of benzene rings is 1. The molecule has 2 aliphatic heterocycles. The number of rotatable bonds is 3. The summed E-state index contributed by atoms with van der Waals surface area (Å²) in [6, 6.07) is 8.27. The van der Waals surface area contributed by atoms with Gasteiger partial charge in [-0.3, -0.25) is 0 Å². The van der Waals surface area contributed by atoms with E-state index in [1.807, 2.05) is 12.1 Å². The topological polar surface area (TPSA) is 53.7 Å². The van der Waals surface area contributed by atoms with Crippen molar-refractivity contribution in [3.63, 3.8) is 0 Å². The minimum Gasteiger partial charge on any atom is -0.493 e.